The van der Waals surface area contributed by atoms with E-state index in [1.807, 2.05) is 30.3 Å². The van der Waals surface area contributed by atoms with Crippen molar-refractivity contribution in [2.24, 2.45) is 0 Å². The largest absolute Gasteiger partial charge is 0.449 e. The normalized spacial score (nSPS) is 12.0. The lowest BCUT2D eigenvalue weighted by Gasteiger charge is -2.11. The number of fused-ring (bicyclic) bond motifs is 1. The van der Waals surface area contributed by atoms with Gasteiger partial charge in [-0.3, -0.25) is 0 Å². The van der Waals surface area contributed by atoms with Crippen molar-refractivity contribution in [3.8, 4) is 0 Å². The summed E-state index contributed by atoms with van der Waals surface area (Å²) in [5.74, 6) is -0.906. The minimum Gasteiger partial charge on any atom is -0.397 e. The first-order valence-electron chi connectivity index (χ1n) is 6.82. The Bertz CT molecular complexity index is 791. The topological polar surface area (TPSA) is 43.8 Å². The lowest BCUT2D eigenvalue weighted by molar-refractivity contribution is -0.146. The molecule has 0 saturated carbocycles. The van der Waals surface area contributed by atoms with Crippen LogP contribution in [-0.4, -0.2) is 9.55 Å². The molecule has 1 heterocycles. The molecule has 0 radical (unpaired) electrons. The van der Waals surface area contributed by atoms with Crippen LogP contribution in [0.5, 0.6) is 0 Å². The summed E-state index contributed by atoms with van der Waals surface area (Å²) in [6, 6.07) is 14.2. The van der Waals surface area contributed by atoms with Gasteiger partial charge in [-0.1, -0.05) is 36.4 Å². The summed E-state index contributed by atoms with van der Waals surface area (Å²) in [6.07, 6.45) is -4.02. The maximum Gasteiger partial charge on any atom is 0.449 e. The van der Waals surface area contributed by atoms with Crippen LogP contribution >= 0.6 is 0 Å². The van der Waals surface area contributed by atoms with Crippen LogP contribution in [0, 0.1) is 0 Å². The van der Waals surface area contributed by atoms with Crippen molar-refractivity contribution in [3.63, 3.8) is 0 Å². The quantitative estimate of drug-likeness (QED) is 0.746. The van der Waals surface area contributed by atoms with E-state index in [9.17, 15) is 13.2 Å². The average molecular weight is 305 g/mol. The summed E-state index contributed by atoms with van der Waals surface area (Å²) in [7, 11) is 0. The molecule has 6 heteroatoms. The summed E-state index contributed by atoms with van der Waals surface area (Å²) in [5, 5.41) is 0. The smallest absolute Gasteiger partial charge is 0.397 e. The highest BCUT2D eigenvalue weighted by Crippen LogP contribution is 2.33. The Morgan fingerprint density at radius 3 is 2.41 bits per heavy atom. The fraction of sp³-hybridized carbons (Fsp3) is 0.188. The van der Waals surface area contributed by atoms with E-state index in [2.05, 4.69) is 4.98 Å². The number of aryl methyl sites for hydroxylation is 2. The van der Waals surface area contributed by atoms with E-state index >= 15 is 0 Å². The molecular weight excluding hydrogens is 291 g/mol. The lowest BCUT2D eigenvalue weighted by atomic mass is 10.1. The van der Waals surface area contributed by atoms with Gasteiger partial charge in [0.2, 0.25) is 5.82 Å². The van der Waals surface area contributed by atoms with Gasteiger partial charge in [-0.05, 0) is 24.1 Å². The van der Waals surface area contributed by atoms with Gasteiger partial charge >= 0.3 is 6.18 Å². The van der Waals surface area contributed by atoms with Crippen LogP contribution in [0.1, 0.15) is 11.4 Å². The summed E-state index contributed by atoms with van der Waals surface area (Å²) in [6.45, 7) is 0.193. The third-order valence-corrected chi connectivity index (χ3v) is 3.53. The van der Waals surface area contributed by atoms with E-state index in [1.54, 1.807) is 18.2 Å². The van der Waals surface area contributed by atoms with Crippen LogP contribution in [0.3, 0.4) is 0 Å². The molecule has 0 amide bonds. The highest BCUT2D eigenvalue weighted by atomic mass is 19.4. The van der Waals surface area contributed by atoms with Gasteiger partial charge < -0.3 is 10.3 Å². The van der Waals surface area contributed by atoms with Gasteiger partial charge in [0.1, 0.15) is 5.52 Å². The number of para-hydroxylation sites is 1. The molecular formula is C16H14F3N3. The van der Waals surface area contributed by atoms with E-state index in [0.717, 1.165) is 5.56 Å². The van der Waals surface area contributed by atoms with Gasteiger partial charge in [0.05, 0.1) is 11.2 Å². The Balaban J connectivity index is 2.04. The molecule has 0 atom stereocenters. The van der Waals surface area contributed by atoms with Gasteiger partial charge in [-0.2, -0.15) is 13.2 Å². The lowest BCUT2D eigenvalue weighted by Crippen LogP contribution is -2.16. The van der Waals surface area contributed by atoms with E-state index in [1.165, 1.54) is 4.57 Å². The number of halogens is 3. The predicted molar refractivity (Wildman–Crippen MR) is 79.3 cm³/mol. The molecule has 114 valence electrons. The molecule has 0 aliphatic carbocycles. The van der Waals surface area contributed by atoms with Crippen LogP contribution in [-0.2, 0) is 19.1 Å². The Kier molecular flexibility index (Phi) is 3.52. The van der Waals surface area contributed by atoms with Gasteiger partial charge in [0.25, 0.3) is 0 Å². The Labute approximate surface area is 125 Å². The number of benzene rings is 2. The Morgan fingerprint density at radius 2 is 1.73 bits per heavy atom. The van der Waals surface area contributed by atoms with Crippen molar-refractivity contribution in [3.05, 3.63) is 59.9 Å². The fourth-order valence-corrected chi connectivity index (χ4v) is 2.50. The molecule has 22 heavy (non-hydrogen) atoms. The summed E-state index contributed by atoms with van der Waals surface area (Å²) in [4.78, 5) is 3.71. The molecule has 3 rings (SSSR count). The number of hydrogen-bond donors (Lipinski definition) is 1. The highest BCUT2D eigenvalue weighted by Gasteiger charge is 2.37. The molecule has 0 spiro atoms. The number of nitrogen functional groups attached to an aromatic ring is 1. The van der Waals surface area contributed by atoms with Gasteiger partial charge in [-0.15, -0.1) is 0 Å². The van der Waals surface area contributed by atoms with Crippen molar-refractivity contribution in [2.45, 2.75) is 19.1 Å². The van der Waals surface area contributed by atoms with Crippen LogP contribution in [0.25, 0.3) is 11.0 Å². The summed E-state index contributed by atoms with van der Waals surface area (Å²) >= 11 is 0. The zero-order valence-electron chi connectivity index (χ0n) is 11.6. The minimum atomic E-state index is -4.51. The first kappa shape index (κ1) is 14.4. The molecule has 0 unspecified atom stereocenters. The maximum absolute atomic E-state index is 13.2. The number of hydrogen-bond acceptors (Lipinski definition) is 2. The van der Waals surface area contributed by atoms with Crippen molar-refractivity contribution >= 4 is 16.7 Å². The van der Waals surface area contributed by atoms with E-state index < -0.39 is 12.0 Å². The second-order valence-electron chi connectivity index (χ2n) is 5.04. The molecule has 0 bridgehead atoms. The number of nitrogens with zero attached hydrogens (tertiary/aromatic N) is 2. The molecule has 0 aliphatic rings. The van der Waals surface area contributed by atoms with Crippen molar-refractivity contribution in [2.75, 3.05) is 5.73 Å². The first-order chi connectivity index (χ1) is 10.5. The van der Waals surface area contributed by atoms with Crippen molar-refractivity contribution < 1.29 is 13.2 Å². The first-order valence-corrected chi connectivity index (χ1v) is 6.82. The highest BCUT2D eigenvalue weighted by molar-refractivity contribution is 5.87. The van der Waals surface area contributed by atoms with Crippen LogP contribution in [0.2, 0.25) is 0 Å². The molecule has 3 aromatic rings. The Hall–Kier alpha value is -2.50. The predicted octanol–water partition coefficient (Wildman–Crippen LogP) is 3.88. The second-order valence-corrected chi connectivity index (χ2v) is 5.04. The molecule has 1 aromatic heterocycles. The van der Waals surface area contributed by atoms with E-state index in [0.29, 0.717) is 11.9 Å². The number of alkyl halides is 3. The number of imidazole rings is 1. The minimum absolute atomic E-state index is 0.193. The SMILES string of the molecule is Nc1cccc2c1nc(C(F)(F)F)n2CCc1ccccc1. The van der Waals surface area contributed by atoms with Crippen LogP contribution in [0.4, 0.5) is 18.9 Å². The molecule has 3 nitrogen and oxygen atoms in total. The van der Waals surface area contributed by atoms with E-state index in [-0.39, 0.29) is 17.7 Å². The third-order valence-electron chi connectivity index (χ3n) is 3.53. The average Bonchev–Trinajstić information content (AvgIpc) is 2.86. The summed E-state index contributed by atoms with van der Waals surface area (Å²) < 4.78 is 40.9. The van der Waals surface area contributed by atoms with Gasteiger partial charge in [0, 0.05) is 6.54 Å². The van der Waals surface area contributed by atoms with Crippen molar-refractivity contribution in [1.29, 1.82) is 0 Å². The van der Waals surface area contributed by atoms with Gasteiger partial charge in [0.15, 0.2) is 0 Å². The molecule has 2 aromatic carbocycles. The number of nitrogens with two attached hydrogens (primary N) is 1. The number of aromatic nitrogens is 2. The third kappa shape index (κ3) is 2.64. The molecule has 0 saturated heterocycles. The molecule has 2 N–H and O–H groups in total. The maximum atomic E-state index is 13.2. The zero-order chi connectivity index (χ0) is 15.7. The monoisotopic (exact) mass is 305 g/mol. The molecule has 0 aliphatic heterocycles. The van der Waals surface area contributed by atoms with E-state index in [4.69, 9.17) is 5.73 Å². The molecule has 0 fully saturated rings. The van der Waals surface area contributed by atoms with Gasteiger partial charge in [-0.25, -0.2) is 4.98 Å². The summed E-state index contributed by atoms with van der Waals surface area (Å²) in [5.41, 5.74) is 7.57. The van der Waals surface area contributed by atoms with Crippen LogP contribution < -0.4 is 5.73 Å². The fourth-order valence-electron chi connectivity index (χ4n) is 2.50. The van der Waals surface area contributed by atoms with Crippen molar-refractivity contribution in [1.82, 2.24) is 9.55 Å². The second kappa shape index (κ2) is 5.36. The zero-order valence-corrected chi connectivity index (χ0v) is 11.6. The number of rotatable bonds is 3. The standard InChI is InChI=1S/C16H14F3N3/c17-16(18,19)15-21-14-12(20)7-4-8-13(14)22(15)10-9-11-5-2-1-3-6-11/h1-8H,9-10,20H2. The number of anilines is 1. The Morgan fingerprint density at radius 1 is 1.00 bits per heavy atom. The van der Waals surface area contributed by atoms with Crippen LogP contribution in [0.15, 0.2) is 48.5 Å².